The molecule has 0 saturated heterocycles. The lowest BCUT2D eigenvalue weighted by Crippen LogP contribution is -2.15. The third kappa shape index (κ3) is 3.32. The van der Waals surface area contributed by atoms with Crippen molar-refractivity contribution in [2.75, 3.05) is 23.7 Å². The Kier molecular flexibility index (Phi) is 3.50. The zero-order valence-electron chi connectivity index (χ0n) is 11.0. The Morgan fingerprint density at radius 3 is 2.76 bits per heavy atom. The monoisotopic (exact) mass is 234 g/mol. The first-order valence-corrected chi connectivity index (χ1v) is 6.44. The van der Waals surface area contributed by atoms with Crippen molar-refractivity contribution < 1.29 is 0 Å². The van der Waals surface area contributed by atoms with E-state index in [0.717, 1.165) is 36.8 Å². The van der Waals surface area contributed by atoms with Crippen LogP contribution in [0.1, 0.15) is 38.7 Å². The predicted molar refractivity (Wildman–Crippen MR) is 71.4 cm³/mol. The fourth-order valence-corrected chi connectivity index (χ4v) is 1.63. The summed E-state index contributed by atoms with van der Waals surface area (Å²) in [5, 5.41) is 6.65. The van der Waals surface area contributed by atoms with Crippen LogP contribution < -0.4 is 10.6 Å². The van der Waals surface area contributed by atoms with Crippen LogP contribution in [0, 0.1) is 12.3 Å². The minimum atomic E-state index is 0.494. The summed E-state index contributed by atoms with van der Waals surface area (Å²) in [6.07, 6.45) is 5.61. The second kappa shape index (κ2) is 4.90. The highest BCUT2D eigenvalue weighted by Gasteiger charge is 2.36. The second-order valence-corrected chi connectivity index (χ2v) is 5.32. The maximum atomic E-state index is 4.51. The van der Waals surface area contributed by atoms with Crippen LogP contribution in [0.5, 0.6) is 0 Å². The predicted octanol–water partition coefficient (Wildman–Crippen LogP) is 2.82. The van der Waals surface area contributed by atoms with Crippen LogP contribution in [0.15, 0.2) is 6.20 Å². The Labute approximate surface area is 103 Å². The van der Waals surface area contributed by atoms with Crippen molar-refractivity contribution in [2.24, 2.45) is 5.41 Å². The minimum absolute atomic E-state index is 0.494. The summed E-state index contributed by atoms with van der Waals surface area (Å²) in [4.78, 5) is 8.78. The third-order valence-corrected chi connectivity index (χ3v) is 3.29. The van der Waals surface area contributed by atoms with Crippen molar-refractivity contribution >= 4 is 11.8 Å². The van der Waals surface area contributed by atoms with Gasteiger partial charge in [0.1, 0.15) is 5.82 Å². The molecule has 1 saturated carbocycles. The van der Waals surface area contributed by atoms with Gasteiger partial charge >= 0.3 is 0 Å². The van der Waals surface area contributed by atoms with E-state index >= 15 is 0 Å². The molecule has 1 aromatic rings. The summed E-state index contributed by atoms with van der Waals surface area (Å²) in [5.41, 5.74) is 1.60. The SMILES string of the molecule is CCCNc1ncc(C)c(NCC2(C)CC2)n1. The molecular formula is C13H22N4. The van der Waals surface area contributed by atoms with E-state index in [1.807, 2.05) is 13.1 Å². The highest BCUT2D eigenvalue weighted by atomic mass is 15.1. The molecule has 1 heterocycles. The van der Waals surface area contributed by atoms with E-state index in [4.69, 9.17) is 0 Å². The maximum absolute atomic E-state index is 4.51. The quantitative estimate of drug-likeness (QED) is 0.794. The lowest BCUT2D eigenvalue weighted by atomic mass is 10.1. The van der Waals surface area contributed by atoms with Gasteiger partial charge < -0.3 is 10.6 Å². The van der Waals surface area contributed by atoms with Crippen molar-refractivity contribution in [1.82, 2.24) is 9.97 Å². The summed E-state index contributed by atoms with van der Waals surface area (Å²) in [7, 11) is 0. The Morgan fingerprint density at radius 2 is 2.12 bits per heavy atom. The van der Waals surface area contributed by atoms with Crippen LogP contribution in [-0.4, -0.2) is 23.1 Å². The number of rotatable bonds is 6. The molecule has 1 aliphatic carbocycles. The fourth-order valence-electron chi connectivity index (χ4n) is 1.63. The zero-order chi connectivity index (χ0) is 12.3. The van der Waals surface area contributed by atoms with Gasteiger partial charge in [0, 0.05) is 24.8 Å². The van der Waals surface area contributed by atoms with Gasteiger partial charge in [-0.2, -0.15) is 4.98 Å². The molecule has 2 rings (SSSR count). The molecule has 0 aromatic carbocycles. The lowest BCUT2D eigenvalue weighted by molar-refractivity contribution is 0.609. The van der Waals surface area contributed by atoms with E-state index in [0.29, 0.717) is 5.41 Å². The summed E-state index contributed by atoms with van der Waals surface area (Å²) in [5.74, 6) is 1.69. The second-order valence-electron chi connectivity index (χ2n) is 5.32. The maximum Gasteiger partial charge on any atom is 0.224 e. The van der Waals surface area contributed by atoms with Gasteiger partial charge in [-0.15, -0.1) is 0 Å². The first-order chi connectivity index (χ1) is 8.13. The van der Waals surface area contributed by atoms with Crippen LogP contribution in [0.25, 0.3) is 0 Å². The Balaban J connectivity index is 1.98. The lowest BCUT2D eigenvalue weighted by Gasteiger charge is -2.13. The number of anilines is 2. The van der Waals surface area contributed by atoms with Gasteiger partial charge in [0.25, 0.3) is 0 Å². The molecule has 17 heavy (non-hydrogen) atoms. The van der Waals surface area contributed by atoms with E-state index < -0.39 is 0 Å². The molecule has 1 aromatic heterocycles. The smallest absolute Gasteiger partial charge is 0.224 e. The highest BCUT2D eigenvalue weighted by Crippen LogP contribution is 2.44. The Hall–Kier alpha value is -1.32. The van der Waals surface area contributed by atoms with Crippen LogP contribution >= 0.6 is 0 Å². The van der Waals surface area contributed by atoms with E-state index in [-0.39, 0.29) is 0 Å². The van der Waals surface area contributed by atoms with Crippen LogP contribution in [0.3, 0.4) is 0 Å². The number of nitrogens with zero attached hydrogens (tertiary/aromatic N) is 2. The highest BCUT2D eigenvalue weighted by molar-refractivity contribution is 5.46. The number of nitrogens with one attached hydrogen (secondary N) is 2. The molecule has 0 spiro atoms. The molecule has 0 aliphatic heterocycles. The molecule has 1 aliphatic rings. The molecule has 2 N–H and O–H groups in total. The summed E-state index contributed by atoms with van der Waals surface area (Å²) < 4.78 is 0. The Morgan fingerprint density at radius 1 is 1.35 bits per heavy atom. The molecule has 0 atom stereocenters. The first kappa shape index (κ1) is 12.1. The molecule has 0 radical (unpaired) electrons. The average molecular weight is 234 g/mol. The van der Waals surface area contributed by atoms with Gasteiger partial charge in [-0.1, -0.05) is 13.8 Å². The molecule has 0 amide bonds. The Bertz CT molecular complexity index is 385. The number of aromatic nitrogens is 2. The molecule has 4 heteroatoms. The van der Waals surface area contributed by atoms with Crippen LogP contribution in [-0.2, 0) is 0 Å². The standard InChI is InChI=1S/C13H22N4/c1-4-7-14-12-15-8-10(2)11(17-12)16-9-13(3)5-6-13/h8H,4-7,9H2,1-3H3,(H2,14,15,16,17). The number of hydrogen-bond acceptors (Lipinski definition) is 4. The average Bonchev–Trinajstić information content (AvgIpc) is 3.05. The molecule has 4 nitrogen and oxygen atoms in total. The summed E-state index contributed by atoms with van der Waals surface area (Å²) >= 11 is 0. The summed E-state index contributed by atoms with van der Waals surface area (Å²) in [6.45, 7) is 8.42. The number of aryl methyl sites for hydroxylation is 1. The van der Waals surface area contributed by atoms with E-state index in [2.05, 4.69) is 34.4 Å². The molecule has 0 bridgehead atoms. The first-order valence-electron chi connectivity index (χ1n) is 6.44. The minimum Gasteiger partial charge on any atom is -0.369 e. The van der Waals surface area contributed by atoms with Crippen molar-refractivity contribution in [3.05, 3.63) is 11.8 Å². The third-order valence-electron chi connectivity index (χ3n) is 3.29. The topological polar surface area (TPSA) is 49.8 Å². The van der Waals surface area contributed by atoms with Crippen molar-refractivity contribution in [2.45, 2.75) is 40.0 Å². The van der Waals surface area contributed by atoms with Gasteiger partial charge in [-0.05, 0) is 31.6 Å². The van der Waals surface area contributed by atoms with Gasteiger partial charge in [0.05, 0.1) is 0 Å². The van der Waals surface area contributed by atoms with Gasteiger partial charge in [-0.25, -0.2) is 4.98 Å². The van der Waals surface area contributed by atoms with Crippen molar-refractivity contribution in [1.29, 1.82) is 0 Å². The van der Waals surface area contributed by atoms with Gasteiger partial charge in [0.15, 0.2) is 0 Å². The van der Waals surface area contributed by atoms with Crippen molar-refractivity contribution in [3.63, 3.8) is 0 Å². The fraction of sp³-hybridized carbons (Fsp3) is 0.692. The van der Waals surface area contributed by atoms with Crippen LogP contribution in [0.4, 0.5) is 11.8 Å². The van der Waals surface area contributed by atoms with E-state index in [1.165, 1.54) is 12.8 Å². The zero-order valence-corrected chi connectivity index (χ0v) is 11.0. The molecule has 1 fully saturated rings. The molecule has 0 unspecified atom stereocenters. The van der Waals surface area contributed by atoms with Crippen molar-refractivity contribution in [3.8, 4) is 0 Å². The largest absolute Gasteiger partial charge is 0.369 e. The molecule has 94 valence electrons. The van der Waals surface area contributed by atoms with E-state index in [9.17, 15) is 0 Å². The normalized spacial score (nSPS) is 16.6. The summed E-state index contributed by atoms with van der Waals surface area (Å²) in [6, 6.07) is 0. The molecular weight excluding hydrogens is 212 g/mol. The van der Waals surface area contributed by atoms with Crippen LogP contribution in [0.2, 0.25) is 0 Å². The van der Waals surface area contributed by atoms with E-state index in [1.54, 1.807) is 0 Å². The van der Waals surface area contributed by atoms with Gasteiger partial charge in [0.2, 0.25) is 5.95 Å². The number of hydrogen-bond donors (Lipinski definition) is 2. The van der Waals surface area contributed by atoms with Gasteiger partial charge in [-0.3, -0.25) is 0 Å².